The normalized spacial score (nSPS) is 17.1. The Kier molecular flexibility index (Phi) is 5.79. The SMILES string of the molecule is COc1cc2c(cc1OC1CCOC1)c(N[C@H](C)c1cc(N)cc(C(F)(F)F)c1)nc1nccn12. The van der Waals surface area contributed by atoms with Gasteiger partial charge < -0.3 is 25.3 Å². The zero-order valence-electron chi connectivity index (χ0n) is 19.1. The minimum Gasteiger partial charge on any atom is -0.493 e. The van der Waals surface area contributed by atoms with E-state index in [2.05, 4.69) is 15.3 Å². The summed E-state index contributed by atoms with van der Waals surface area (Å²) in [5.74, 6) is 1.93. The van der Waals surface area contributed by atoms with Gasteiger partial charge in [-0.15, -0.1) is 0 Å². The average molecular weight is 487 g/mol. The fourth-order valence-corrected chi connectivity index (χ4v) is 4.19. The molecule has 1 fully saturated rings. The smallest absolute Gasteiger partial charge is 0.416 e. The van der Waals surface area contributed by atoms with Crippen molar-refractivity contribution in [3.8, 4) is 11.5 Å². The summed E-state index contributed by atoms with van der Waals surface area (Å²) in [5, 5.41) is 3.93. The highest BCUT2D eigenvalue weighted by atomic mass is 19.4. The van der Waals surface area contributed by atoms with Crippen molar-refractivity contribution in [1.82, 2.24) is 14.4 Å². The number of nitrogen functional groups attached to an aromatic ring is 1. The molecule has 0 bridgehead atoms. The average Bonchev–Trinajstić information content (AvgIpc) is 3.50. The number of fused-ring (bicyclic) bond motifs is 3. The number of methoxy groups -OCH3 is 1. The van der Waals surface area contributed by atoms with E-state index in [-0.39, 0.29) is 11.8 Å². The van der Waals surface area contributed by atoms with Crippen LogP contribution in [0, 0.1) is 0 Å². The van der Waals surface area contributed by atoms with Gasteiger partial charge >= 0.3 is 6.18 Å². The maximum Gasteiger partial charge on any atom is 0.416 e. The Morgan fingerprint density at radius 3 is 2.74 bits per heavy atom. The third-order valence-electron chi connectivity index (χ3n) is 5.97. The van der Waals surface area contributed by atoms with Crippen LogP contribution in [0.25, 0.3) is 16.7 Å². The van der Waals surface area contributed by atoms with Crippen LogP contribution < -0.4 is 20.5 Å². The minimum absolute atomic E-state index is 0.0317. The molecule has 0 saturated carbocycles. The Labute approximate surface area is 198 Å². The summed E-state index contributed by atoms with van der Waals surface area (Å²) >= 11 is 0. The van der Waals surface area contributed by atoms with Crippen LogP contribution in [0.5, 0.6) is 11.5 Å². The zero-order chi connectivity index (χ0) is 24.7. The van der Waals surface area contributed by atoms with Gasteiger partial charge in [0, 0.05) is 36.0 Å². The van der Waals surface area contributed by atoms with Gasteiger partial charge in [-0.3, -0.25) is 4.40 Å². The van der Waals surface area contributed by atoms with E-state index >= 15 is 0 Å². The second-order valence-electron chi connectivity index (χ2n) is 8.43. The predicted octanol–water partition coefficient (Wildman–Crippen LogP) is 4.83. The molecular formula is C24H24F3N5O3. The lowest BCUT2D eigenvalue weighted by Crippen LogP contribution is -2.16. The van der Waals surface area contributed by atoms with E-state index in [0.717, 1.165) is 24.1 Å². The van der Waals surface area contributed by atoms with Crippen molar-refractivity contribution >= 4 is 28.2 Å². The topological polar surface area (TPSA) is 95.9 Å². The highest BCUT2D eigenvalue weighted by Crippen LogP contribution is 2.38. The van der Waals surface area contributed by atoms with Gasteiger partial charge in [-0.25, -0.2) is 4.98 Å². The number of nitrogens with zero attached hydrogens (tertiary/aromatic N) is 3. The van der Waals surface area contributed by atoms with Gasteiger partial charge in [0.2, 0.25) is 5.78 Å². The molecule has 2 aromatic carbocycles. The standard InChI is InChI=1S/C24H24F3N5O3/c1-13(14-7-15(24(25,26)27)9-16(28)8-14)30-22-18-10-21(35-17-3-6-34-12-17)20(33-2)11-19(18)32-5-4-29-23(32)31-22/h4-5,7-11,13,17H,3,6,12,28H2,1-2H3,(H,29,30,31)/t13-,17?/m1/s1. The van der Waals surface area contributed by atoms with E-state index in [0.29, 0.717) is 47.3 Å². The molecule has 8 nitrogen and oxygen atoms in total. The van der Waals surface area contributed by atoms with Crippen LogP contribution in [0.4, 0.5) is 24.7 Å². The fraction of sp³-hybridized carbons (Fsp3) is 0.333. The van der Waals surface area contributed by atoms with Crippen molar-refractivity contribution < 1.29 is 27.4 Å². The van der Waals surface area contributed by atoms with Crippen molar-refractivity contribution in [3.05, 3.63) is 53.9 Å². The van der Waals surface area contributed by atoms with Crippen molar-refractivity contribution in [1.29, 1.82) is 0 Å². The van der Waals surface area contributed by atoms with E-state index in [1.165, 1.54) is 6.07 Å². The number of nitrogens with two attached hydrogens (primary N) is 1. The van der Waals surface area contributed by atoms with Crippen molar-refractivity contribution in [2.45, 2.75) is 31.7 Å². The molecule has 1 aliphatic rings. The second kappa shape index (κ2) is 8.81. The Balaban J connectivity index is 1.59. The van der Waals surface area contributed by atoms with Crippen LogP contribution >= 0.6 is 0 Å². The van der Waals surface area contributed by atoms with Gasteiger partial charge in [0.05, 0.1) is 37.4 Å². The van der Waals surface area contributed by atoms with Crippen LogP contribution in [0.1, 0.15) is 30.5 Å². The number of hydrogen-bond donors (Lipinski definition) is 2. The van der Waals surface area contributed by atoms with Crippen molar-refractivity contribution in [3.63, 3.8) is 0 Å². The van der Waals surface area contributed by atoms with Gasteiger partial charge in [0.25, 0.3) is 0 Å². The molecule has 11 heteroatoms. The van der Waals surface area contributed by atoms with Gasteiger partial charge in [0.1, 0.15) is 11.9 Å². The number of hydrogen-bond acceptors (Lipinski definition) is 7. The summed E-state index contributed by atoms with van der Waals surface area (Å²) in [4.78, 5) is 8.90. The van der Waals surface area contributed by atoms with Crippen LogP contribution in [-0.2, 0) is 10.9 Å². The number of imidazole rings is 1. The highest BCUT2D eigenvalue weighted by Gasteiger charge is 2.31. The monoisotopic (exact) mass is 487 g/mol. The molecule has 3 N–H and O–H groups in total. The molecular weight excluding hydrogens is 463 g/mol. The number of aromatic nitrogens is 3. The summed E-state index contributed by atoms with van der Waals surface area (Å²) < 4.78 is 58.9. The molecule has 1 saturated heterocycles. The summed E-state index contributed by atoms with van der Waals surface area (Å²) in [6, 6.07) is 6.62. The zero-order valence-corrected chi connectivity index (χ0v) is 19.1. The molecule has 2 aromatic heterocycles. The number of anilines is 2. The molecule has 0 radical (unpaired) electrons. The number of nitrogens with one attached hydrogen (secondary N) is 1. The van der Waals surface area contributed by atoms with E-state index < -0.39 is 17.8 Å². The first-order valence-electron chi connectivity index (χ1n) is 11.1. The molecule has 35 heavy (non-hydrogen) atoms. The summed E-state index contributed by atoms with van der Waals surface area (Å²) in [7, 11) is 1.56. The van der Waals surface area contributed by atoms with Gasteiger partial charge in [0.15, 0.2) is 11.5 Å². The molecule has 1 aliphatic heterocycles. The van der Waals surface area contributed by atoms with Gasteiger partial charge in [-0.2, -0.15) is 18.2 Å². The summed E-state index contributed by atoms with van der Waals surface area (Å²) in [5.41, 5.74) is 6.12. The fourth-order valence-electron chi connectivity index (χ4n) is 4.19. The molecule has 5 rings (SSSR count). The Hall–Kier alpha value is -3.73. The molecule has 0 amide bonds. The largest absolute Gasteiger partial charge is 0.493 e. The van der Waals surface area contributed by atoms with E-state index in [4.69, 9.17) is 19.9 Å². The van der Waals surface area contributed by atoms with Crippen LogP contribution in [0.15, 0.2) is 42.7 Å². The molecule has 184 valence electrons. The van der Waals surface area contributed by atoms with Crippen LogP contribution in [0.2, 0.25) is 0 Å². The van der Waals surface area contributed by atoms with Crippen molar-refractivity contribution in [2.75, 3.05) is 31.4 Å². The maximum absolute atomic E-state index is 13.3. The number of alkyl halides is 3. The number of benzene rings is 2. The van der Waals surface area contributed by atoms with E-state index in [9.17, 15) is 13.2 Å². The van der Waals surface area contributed by atoms with E-state index in [1.54, 1.807) is 30.8 Å². The quantitative estimate of drug-likeness (QED) is 0.376. The van der Waals surface area contributed by atoms with E-state index in [1.807, 2.05) is 12.1 Å². The molecule has 0 aliphatic carbocycles. The number of ether oxygens (including phenoxy) is 3. The van der Waals surface area contributed by atoms with Crippen LogP contribution in [-0.4, -0.2) is 40.8 Å². The third kappa shape index (κ3) is 4.51. The third-order valence-corrected chi connectivity index (χ3v) is 5.97. The first-order chi connectivity index (χ1) is 16.7. The number of halogens is 3. The van der Waals surface area contributed by atoms with Gasteiger partial charge in [-0.1, -0.05) is 0 Å². The molecule has 2 atom stereocenters. The molecule has 0 spiro atoms. The Bertz CT molecular complexity index is 1380. The predicted molar refractivity (Wildman–Crippen MR) is 125 cm³/mol. The number of rotatable bonds is 6. The summed E-state index contributed by atoms with van der Waals surface area (Å²) in [6.07, 6.45) is -0.449. The lowest BCUT2D eigenvalue weighted by Gasteiger charge is -2.20. The first-order valence-corrected chi connectivity index (χ1v) is 11.1. The van der Waals surface area contributed by atoms with Crippen LogP contribution in [0.3, 0.4) is 0 Å². The Morgan fingerprint density at radius 2 is 2.03 bits per heavy atom. The Morgan fingerprint density at radius 1 is 1.20 bits per heavy atom. The lowest BCUT2D eigenvalue weighted by atomic mass is 10.0. The summed E-state index contributed by atoms with van der Waals surface area (Å²) in [6.45, 7) is 2.86. The molecule has 3 heterocycles. The van der Waals surface area contributed by atoms with Crippen molar-refractivity contribution in [2.24, 2.45) is 0 Å². The molecule has 1 unspecified atom stereocenters. The second-order valence-corrected chi connectivity index (χ2v) is 8.43. The maximum atomic E-state index is 13.3. The first kappa shape index (κ1) is 23.0. The highest BCUT2D eigenvalue weighted by molar-refractivity contribution is 5.94. The molecule has 4 aromatic rings. The van der Waals surface area contributed by atoms with Gasteiger partial charge in [-0.05, 0) is 36.8 Å². The lowest BCUT2D eigenvalue weighted by molar-refractivity contribution is -0.137. The minimum atomic E-state index is -4.50.